The number of nitrogens with one attached hydrogen (secondary N) is 1. The monoisotopic (exact) mass is 357 g/mol. The molecule has 1 aromatic rings. The first kappa shape index (κ1) is 16.7. The number of carbonyl (C=O) groups excluding carboxylic acids is 1. The smallest absolute Gasteiger partial charge is 0.413 e. The molecule has 3 saturated carbocycles. The van der Waals surface area contributed by atoms with Crippen LogP contribution >= 0.6 is 0 Å². The molecule has 0 unspecified atom stereocenters. The molecule has 138 valence electrons. The van der Waals surface area contributed by atoms with Crippen LogP contribution in [0.4, 0.5) is 23.8 Å². The fourth-order valence-corrected chi connectivity index (χ4v) is 3.67. The summed E-state index contributed by atoms with van der Waals surface area (Å²) in [6.07, 6.45) is 0.522. The van der Waals surface area contributed by atoms with Gasteiger partial charge in [-0.05, 0) is 50.9 Å². The van der Waals surface area contributed by atoms with E-state index in [1.54, 1.807) is 7.05 Å². The second kappa shape index (κ2) is 5.64. The number of hydrogen-bond acceptors (Lipinski definition) is 3. The minimum Gasteiger partial charge on any atom is -0.446 e. The minimum atomic E-state index is -4.32. The molecule has 0 bridgehead atoms. The van der Waals surface area contributed by atoms with Crippen LogP contribution < -0.4 is 5.32 Å². The summed E-state index contributed by atoms with van der Waals surface area (Å²) in [5.74, 6) is 0.391. The summed E-state index contributed by atoms with van der Waals surface area (Å²) in [5, 5.41) is 6.88. The lowest BCUT2D eigenvalue weighted by Crippen LogP contribution is -2.31. The lowest BCUT2D eigenvalue weighted by Gasteiger charge is -2.29. The van der Waals surface area contributed by atoms with Gasteiger partial charge in [0.05, 0.1) is 5.69 Å². The van der Waals surface area contributed by atoms with Gasteiger partial charge in [0, 0.05) is 12.6 Å². The average molecular weight is 357 g/mol. The van der Waals surface area contributed by atoms with Crippen LogP contribution in [0.1, 0.15) is 68.5 Å². The molecule has 3 aliphatic carbocycles. The predicted molar refractivity (Wildman–Crippen MR) is 84.5 cm³/mol. The van der Waals surface area contributed by atoms with Gasteiger partial charge in [-0.2, -0.15) is 18.3 Å². The molecule has 1 heterocycles. The Bertz CT molecular complexity index is 686. The van der Waals surface area contributed by atoms with Gasteiger partial charge in [0.15, 0.2) is 0 Å². The second-order valence-corrected chi connectivity index (χ2v) is 7.53. The number of alkyl halides is 3. The first-order valence-corrected chi connectivity index (χ1v) is 8.93. The number of aryl methyl sites for hydroxylation is 1. The highest BCUT2D eigenvalue weighted by molar-refractivity contribution is 5.85. The molecule has 0 spiro atoms. The van der Waals surface area contributed by atoms with Crippen molar-refractivity contribution in [2.75, 3.05) is 5.32 Å². The predicted octanol–water partition coefficient (Wildman–Crippen LogP) is 4.38. The van der Waals surface area contributed by atoms with Gasteiger partial charge in [0.2, 0.25) is 0 Å². The van der Waals surface area contributed by atoms with Crippen LogP contribution in [0, 0.1) is 0 Å². The van der Waals surface area contributed by atoms with Gasteiger partial charge in [-0.1, -0.05) is 6.42 Å². The van der Waals surface area contributed by atoms with Crippen LogP contribution in [-0.4, -0.2) is 28.2 Å². The zero-order chi connectivity index (χ0) is 17.8. The zero-order valence-electron chi connectivity index (χ0n) is 14.2. The summed E-state index contributed by atoms with van der Waals surface area (Å²) >= 11 is 0. The first-order valence-electron chi connectivity index (χ1n) is 8.93. The first-order chi connectivity index (χ1) is 11.8. The van der Waals surface area contributed by atoms with Crippen molar-refractivity contribution < 1.29 is 22.7 Å². The van der Waals surface area contributed by atoms with E-state index in [0.717, 1.165) is 38.5 Å². The van der Waals surface area contributed by atoms with E-state index in [4.69, 9.17) is 4.74 Å². The molecule has 0 aromatic carbocycles. The number of ether oxygens (including phenoxy) is 1. The molecule has 25 heavy (non-hydrogen) atoms. The summed E-state index contributed by atoms with van der Waals surface area (Å²) < 4.78 is 47.5. The number of rotatable bonds is 4. The van der Waals surface area contributed by atoms with E-state index in [-0.39, 0.29) is 30.6 Å². The molecule has 8 heteroatoms. The highest BCUT2D eigenvalue weighted by Gasteiger charge is 2.67. The van der Waals surface area contributed by atoms with Crippen LogP contribution in [-0.2, 0) is 17.2 Å². The quantitative estimate of drug-likeness (QED) is 0.870. The van der Waals surface area contributed by atoms with Crippen molar-refractivity contribution in [1.82, 2.24) is 9.78 Å². The Balaban J connectivity index is 1.65. The van der Waals surface area contributed by atoms with Gasteiger partial charge in [-0.3, -0.25) is 10.00 Å². The summed E-state index contributed by atoms with van der Waals surface area (Å²) in [6.45, 7) is 0. The summed E-state index contributed by atoms with van der Waals surface area (Å²) in [4.78, 5) is 12.1. The van der Waals surface area contributed by atoms with Gasteiger partial charge in [0.1, 0.15) is 17.3 Å². The third-order valence-electron chi connectivity index (χ3n) is 5.89. The number of anilines is 1. The fraction of sp³-hybridized carbons (Fsp3) is 0.765. The van der Waals surface area contributed by atoms with Gasteiger partial charge in [-0.15, -0.1) is 0 Å². The van der Waals surface area contributed by atoms with Crippen molar-refractivity contribution in [3.63, 3.8) is 0 Å². The third kappa shape index (κ3) is 2.69. The molecule has 3 fully saturated rings. The van der Waals surface area contributed by atoms with Crippen LogP contribution in [0.5, 0.6) is 0 Å². The molecule has 4 rings (SSSR count). The lowest BCUT2D eigenvalue weighted by molar-refractivity contribution is -0.161. The van der Waals surface area contributed by atoms with Crippen LogP contribution in [0.2, 0.25) is 0 Å². The lowest BCUT2D eigenvalue weighted by atomic mass is 9.77. The van der Waals surface area contributed by atoms with Gasteiger partial charge in [-0.25, -0.2) is 4.79 Å². The van der Waals surface area contributed by atoms with E-state index < -0.39 is 17.7 Å². The number of halogens is 3. The van der Waals surface area contributed by atoms with Crippen LogP contribution in [0.3, 0.4) is 0 Å². The van der Waals surface area contributed by atoms with Gasteiger partial charge in [0.25, 0.3) is 0 Å². The van der Waals surface area contributed by atoms with Crippen molar-refractivity contribution in [2.45, 2.75) is 75.0 Å². The molecule has 0 aliphatic heterocycles. The largest absolute Gasteiger partial charge is 0.446 e. The summed E-state index contributed by atoms with van der Waals surface area (Å²) in [5.41, 5.74) is -1.17. The number of amides is 1. The third-order valence-corrected chi connectivity index (χ3v) is 5.89. The van der Waals surface area contributed by atoms with Gasteiger partial charge < -0.3 is 4.74 Å². The molecule has 0 saturated heterocycles. The van der Waals surface area contributed by atoms with E-state index in [2.05, 4.69) is 10.4 Å². The number of carbonyl (C=O) groups is 1. The Morgan fingerprint density at radius 1 is 1.24 bits per heavy atom. The van der Waals surface area contributed by atoms with Crippen LogP contribution in [0.15, 0.2) is 0 Å². The summed E-state index contributed by atoms with van der Waals surface area (Å²) in [7, 11) is 1.58. The standard InChI is InChI=1S/C17H22F3N3O2/c1-23-14(21-15(24)25-11-6-3-7-11)12(10-4-2-5-10)13(22-23)16(8-9-16)17(18,19)20/h10-11H,2-9H2,1H3,(H,21,24). The Labute approximate surface area is 143 Å². The Kier molecular flexibility index (Phi) is 3.77. The highest BCUT2D eigenvalue weighted by atomic mass is 19.4. The summed E-state index contributed by atoms with van der Waals surface area (Å²) in [6, 6.07) is 0. The Morgan fingerprint density at radius 3 is 2.32 bits per heavy atom. The number of nitrogens with zero attached hydrogens (tertiary/aromatic N) is 2. The normalized spacial score (nSPS) is 22.9. The van der Waals surface area contributed by atoms with E-state index in [1.165, 1.54) is 4.68 Å². The maximum absolute atomic E-state index is 13.6. The molecule has 1 aromatic heterocycles. The van der Waals surface area contributed by atoms with Crippen molar-refractivity contribution in [1.29, 1.82) is 0 Å². The van der Waals surface area contributed by atoms with E-state index >= 15 is 0 Å². The molecule has 5 nitrogen and oxygen atoms in total. The van der Waals surface area contributed by atoms with Gasteiger partial charge >= 0.3 is 12.3 Å². The Morgan fingerprint density at radius 2 is 1.88 bits per heavy atom. The molecule has 1 N–H and O–H groups in total. The molecule has 1 amide bonds. The van der Waals surface area contributed by atoms with E-state index in [1.807, 2.05) is 0 Å². The SMILES string of the molecule is Cn1nc(C2(C(F)(F)F)CC2)c(C2CCC2)c1NC(=O)OC1CCC1. The highest BCUT2D eigenvalue weighted by Crippen LogP contribution is 2.61. The Hall–Kier alpha value is -1.73. The van der Waals surface area contributed by atoms with E-state index in [0.29, 0.717) is 11.4 Å². The zero-order valence-corrected chi connectivity index (χ0v) is 14.2. The average Bonchev–Trinajstić information content (AvgIpc) is 3.18. The minimum absolute atomic E-state index is 0.0301. The number of aromatic nitrogens is 2. The molecule has 0 atom stereocenters. The fourth-order valence-electron chi connectivity index (χ4n) is 3.67. The van der Waals surface area contributed by atoms with E-state index in [9.17, 15) is 18.0 Å². The van der Waals surface area contributed by atoms with Crippen LogP contribution in [0.25, 0.3) is 0 Å². The molecular weight excluding hydrogens is 335 g/mol. The molecule has 3 aliphatic rings. The van der Waals surface area contributed by atoms with Crippen molar-refractivity contribution in [2.24, 2.45) is 7.05 Å². The topological polar surface area (TPSA) is 56.2 Å². The van der Waals surface area contributed by atoms with Crippen molar-refractivity contribution >= 4 is 11.9 Å². The second-order valence-electron chi connectivity index (χ2n) is 7.53. The molecular formula is C17H22F3N3O2. The maximum Gasteiger partial charge on any atom is 0.413 e. The number of hydrogen-bond donors (Lipinski definition) is 1. The maximum atomic E-state index is 13.6. The van der Waals surface area contributed by atoms with Crippen molar-refractivity contribution in [3.8, 4) is 0 Å². The molecule has 0 radical (unpaired) electrons. The van der Waals surface area contributed by atoms with Crippen molar-refractivity contribution in [3.05, 3.63) is 11.3 Å².